The van der Waals surface area contributed by atoms with Crippen LogP contribution in [0.1, 0.15) is 302 Å². The Morgan fingerprint density at radius 1 is 0.227 bits per heavy atom. The topological polar surface area (TPSA) is 0 Å². The van der Waals surface area contributed by atoms with Gasteiger partial charge >= 0.3 is 0 Å². The van der Waals surface area contributed by atoms with Crippen molar-refractivity contribution in [2.24, 2.45) is 115 Å². The van der Waals surface area contributed by atoms with Crippen molar-refractivity contribution in [3.63, 3.8) is 0 Å². The lowest BCUT2D eigenvalue weighted by molar-refractivity contribution is -0.130. The summed E-state index contributed by atoms with van der Waals surface area (Å²) in [5.74, 6) is 15.1. The number of rotatable bonds is 10. The molecule has 12 aliphatic carbocycles. The molecule has 6 spiro atoms. The van der Waals surface area contributed by atoms with Gasteiger partial charge in [0.1, 0.15) is 0 Å². The molecule has 0 aromatic rings. The first-order valence-corrected chi connectivity index (χ1v) is 31.5. The van der Waals surface area contributed by atoms with Crippen LogP contribution in [0.4, 0.5) is 0 Å². The van der Waals surface area contributed by atoms with Crippen LogP contribution in [0, 0.1) is 115 Å². The van der Waals surface area contributed by atoms with Crippen molar-refractivity contribution in [2.75, 3.05) is 0 Å². The zero-order valence-corrected chi connectivity index (χ0v) is 47.7. The Morgan fingerprint density at radius 3 is 0.561 bits per heavy atom. The number of hydrogen-bond donors (Lipinski definition) is 0. The van der Waals surface area contributed by atoms with E-state index in [0.29, 0.717) is 0 Å². The van der Waals surface area contributed by atoms with Crippen molar-refractivity contribution in [3.05, 3.63) is 0 Å². The van der Waals surface area contributed by atoms with Crippen molar-refractivity contribution in [1.29, 1.82) is 0 Å². The van der Waals surface area contributed by atoms with Crippen LogP contribution in [0.3, 0.4) is 0 Å². The van der Waals surface area contributed by atoms with Crippen molar-refractivity contribution in [2.45, 2.75) is 302 Å². The van der Waals surface area contributed by atoms with E-state index in [4.69, 9.17) is 0 Å². The molecular weight excluding hydrogens is 793 g/mol. The van der Waals surface area contributed by atoms with Crippen LogP contribution >= 0.6 is 0 Å². The molecule has 4 unspecified atom stereocenters. The minimum atomic E-state index is 0.849. The molecule has 0 heterocycles. The molecule has 4 atom stereocenters. The first-order valence-electron chi connectivity index (χ1n) is 31.5. The molecule has 0 aromatic heterocycles. The second-order valence-corrected chi connectivity index (χ2v) is 29.5. The van der Waals surface area contributed by atoms with E-state index < -0.39 is 0 Å². The average molecular weight is 914 g/mol. The zero-order valence-electron chi connectivity index (χ0n) is 47.7. The summed E-state index contributed by atoms with van der Waals surface area (Å²) >= 11 is 0. The van der Waals surface area contributed by atoms with Gasteiger partial charge < -0.3 is 0 Å². The zero-order chi connectivity index (χ0) is 47.7. The number of hydrogen-bond acceptors (Lipinski definition) is 0. The third-order valence-electron chi connectivity index (χ3n) is 24.9. The molecule has 384 valence electrons. The summed E-state index contributed by atoms with van der Waals surface area (Å²) < 4.78 is 0. The lowest BCUT2D eigenvalue weighted by atomic mass is 9.42. The summed E-state index contributed by atoms with van der Waals surface area (Å²) in [6.45, 7) is 33.2. The lowest BCUT2D eigenvalue weighted by Crippen LogP contribution is -2.54. The van der Waals surface area contributed by atoms with Crippen LogP contribution in [0.15, 0.2) is 0 Å². The fourth-order valence-electron chi connectivity index (χ4n) is 20.2. The van der Waals surface area contributed by atoms with Gasteiger partial charge in [-0.25, -0.2) is 0 Å². The second-order valence-electron chi connectivity index (χ2n) is 29.5. The quantitative estimate of drug-likeness (QED) is 0.205. The molecule has 12 rings (SSSR count). The van der Waals surface area contributed by atoms with E-state index in [0.717, 1.165) is 115 Å². The smallest absolute Gasteiger partial charge is 0.0261 e. The Labute approximate surface area is 415 Å². The Hall–Kier alpha value is 0. The van der Waals surface area contributed by atoms with E-state index in [-0.39, 0.29) is 0 Å². The molecule has 66 heavy (non-hydrogen) atoms. The van der Waals surface area contributed by atoms with Crippen LogP contribution in [-0.2, 0) is 0 Å². The van der Waals surface area contributed by atoms with Gasteiger partial charge in [-0.15, -0.1) is 0 Å². The fraction of sp³-hybridized carbons (Fsp3) is 1.00. The summed E-state index contributed by atoms with van der Waals surface area (Å²) in [5.41, 5.74) is 5.26. The van der Waals surface area contributed by atoms with Gasteiger partial charge in [-0.2, -0.15) is 0 Å². The molecule has 12 saturated carbocycles. The third-order valence-corrected chi connectivity index (χ3v) is 24.9. The van der Waals surface area contributed by atoms with Gasteiger partial charge in [-0.1, -0.05) is 161 Å². The van der Waals surface area contributed by atoms with E-state index in [1.165, 1.54) is 64.2 Å². The van der Waals surface area contributed by atoms with Crippen molar-refractivity contribution in [1.82, 2.24) is 0 Å². The predicted octanol–water partition coefficient (Wildman–Crippen LogP) is 21.4. The summed E-state index contributed by atoms with van der Waals surface area (Å²) in [5, 5.41) is 0. The molecule has 0 aliphatic heterocycles. The molecule has 0 amide bonds. The minimum absolute atomic E-state index is 0.849. The predicted molar refractivity (Wildman–Crippen MR) is 291 cm³/mol. The average Bonchev–Trinajstić information content (AvgIpc) is 3.17. The van der Waals surface area contributed by atoms with Gasteiger partial charge in [-0.3, -0.25) is 0 Å². The molecule has 0 saturated heterocycles. The van der Waals surface area contributed by atoms with Gasteiger partial charge in [0.15, 0.2) is 0 Å². The van der Waals surface area contributed by atoms with Gasteiger partial charge in [-0.05, 0) is 257 Å². The van der Waals surface area contributed by atoms with Crippen molar-refractivity contribution in [3.8, 4) is 0 Å². The van der Waals surface area contributed by atoms with Crippen LogP contribution in [-0.4, -0.2) is 0 Å². The molecule has 0 bridgehead atoms. The highest BCUT2D eigenvalue weighted by molar-refractivity contribution is 5.08. The van der Waals surface area contributed by atoms with E-state index in [2.05, 4.69) is 96.9 Å². The SMILES string of the molecule is CCC1CC2(C1)CC(CC)C2.CCC1CC2(C1)CC(CC)C2.CCC1CC2(C1)CC(CC)C2C.CCC1CC2(C1)CC(CC)C2C.CCC1CC2(CC(C)C2)C1.CCC1CC2(CC(C)C2)C1. The van der Waals surface area contributed by atoms with Gasteiger partial charge in [0.25, 0.3) is 0 Å². The maximum atomic E-state index is 2.49. The second kappa shape index (κ2) is 22.0. The maximum absolute atomic E-state index is 2.49. The largest absolute Gasteiger partial charge is 0.0651 e. The lowest BCUT2D eigenvalue weighted by Gasteiger charge is -2.63. The Kier molecular flexibility index (Phi) is 17.9. The molecule has 0 aromatic carbocycles. The van der Waals surface area contributed by atoms with E-state index in [1.54, 1.807) is 141 Å². The minimum Gasteiger partial charge on any atom is -0.0651 e. The van der Waals surface area contributed by atoms with Crippen LogP contribution in [0.2, 0.25) is 0 Å². The van der Waals surface area contributed by atoms with Gasteiger partial charge in [0.2, 0.25) is 0 Å². The molecule has 12 aliphatic rings. The van der Waals surface area contributed by atoms with Crippen molar-refractivity contribution < 1.29 is 0 Å². The van der Waals surface area contributed by atoms with E-state index in [1.807, 2.05) is 0 Å². The Bertz CT molecular complexity index is 1250. The van der Waals surface area contributed by atoms with Crippen LogP contribution < -0.4 is 0 Å². The molecule has 0 N–H and O–H groups in total. The highest BCUT2D eigenvalue weighted by Gasteiger charge is 2.58. The monoisotopic (exact) mass is 913 g/mol. The molecule has 0 nitrogen and oxygen atoms in total. The summed E-state index contributed by atoms with van der Waals surface area (Å²) in [6.07, 6.45) is 48.6. The normalized spacial score (nSPS) is 50.8. The van der Waals surface area contributed by atoms with Gasteiger partial charge in [0.05, 0.1) is 0 Å². The summed E-state index contributed by atoms with van der Waals surface area (Å²) in [6, 6.07) is 0. The molecule has 0 heteroatoms. The van der Waals surface area contributed by atoms with E-state index in [9.17, 15) is 0 Å². The highest BCUT2D eigenvalue weighted by atomic mass is 14.6. The molecule has 0 radical (unpaired) electrons. The standard InChI is InChI=1S/2C12H22.2C11H20.2C10H18/c2*1-4-10-6-12(7-10)8-11(5-2)9(12)3;2*1-3-9-5-11(6-9)7-10(4-2)8-11;2*1-3-9-6-10(7-9)4-8(2)5-10/h2*9-11H,4-8H2,1-3H3;2*9-10H,3-8H2,1-2H3;2*8-9H,3-7H2,1-2H3. The molecular formula is C66H120. The summed E-state index contributed by atoms with van der Waals surface area (Å²) in [7, 11) is 0. The van der Waals surface area contributed by atoms with E-state index >= 15 is 0 Å². The first kappa shape index (κ1) is 53.8. The van der Waals surface area contributed by atoms with Crippen molar-refractivity contribution >= 4 is 0 Å². The van der Waals surface area contributed by atoms with Crippen LogP contribution in [0.5, 0.6) is 0 Å². The highest BCUT2D eigenvalue weighted by Crippen LogP contribution is 2.68. The molecule has 12 fully saturated rings. The Balaban J connectivity index is 0.000000118. The Morgan fingerprint density at radius 2 is 0.409 bits per heavy atom. The first-order chi connectivity index (χ1) is 31.5. The fourth-order valence-corrected chi connectivity index (χ4v) is 20.2. The maximum Gasteiger partial charge on any atom is -0.0261 e. The van der Waals surface area contributed by atoms with Crippen LogP contribution in [0.25, 0.3) is 0 Å². The third kappa shape index (κ3) is 11.3. The van der Waals surface area contributed by atoms with Gasteiger partial charge in [0, 0.05) is 0 Å². The summed E-state index contributed by atoms with van der Waals surface area (Å²) in [4.78, 5) is 0.